The summed E-state index contributed by atoms with van der Waals surface area (Å²) in [5.41, 5.74) is 2.31. The van der Waals surface area contributed by atoms with Gasteiger partial charge in [0.25, 0.3) is 0 Å². The highest BCUT2D eigenvalue weighted by molar-refractivity contribution is 7.92. The van der Waals surface area contributed by atoms with E-state index in [-0.39, 0.29) is 5.91 Å². The van der Waals surface area contributed by atoms with Crippen LogP contribution in [0.3, 0.4) is 0 Å². The average molecular weight is 367 g/mol. The molecule has 0 unspecified atom stereocenters. The number of hydrogen-bond donors (Lipinski definition) is 2. The minimum atomic E-state index is -3.44. The summed E-state index contributed by atoms with van der Waals surface area (Å²) >= 11 is 0. The molecule has 1 aromatic heterocycles. The van der Waals surface area contributed by atoms with E-state index in [1.165, 1.54) is 6.08 Å². The van der Waals surface area contributed by atoms with E-state index in [9.17, 15) is 13.2 Å². The van der Waals surface area contributed by atoms with Crippen LogP contribution in [0.2, 0.25) is 0 Å². The second kappa shape index (κ2) is 7.37. The Morgan fingerprint density at radius 3 is 2.50 bits per heavy atom. The van der Waals surface area contributed by atoms with Crippen molar-refractivity contribution in [2.45, 2.75) is 0 Å². The molecule has 0 aliphatic carbocycles. The van der Waals surface area contributed by atoms with Crippen molar-refractivity contribution >= 4 is 44.3 Å². The zero-order valence-corrected chi connectivity index (χ0v) is 14.8. The van der Waals surface area contributed by atoms with Gasteiger partial charge in [0, 0.05) is 23.2 Å². The maximum atomic E-state index is 12.2. The van der Waals surface area contributed by atoms with Crippen molar-refractivity contribution in [3.05, 3.63) is 72.4 Å². The molecule has 0 saturated heterocycles. The number of carbonyl (C=O) groups excluding carboxylic acids is 1. The van der Waals surface area contributed by atoms with Gasteiger partial charge in [0.05, 0.1) is 23.1 Å². The highest BCUT2D eigenvalue weighted by atomic mass is 32.2. The van der Waals surface area contributed by atoms with Crippen LogP contribution in [0, 0.1) is 0 Å². The van der Waals surface area contributed by atoms with Crippen molar-refractivity contribution in [2.24, 2.45) is 0 Å². The Labute approximate surface area is 151 Å². The maximum Gasteiger partial charge on any atom is 0.248 e. The quantitative estimate of drug-likeness (QED) is 0.678. The summed E-state index contributed by atoms with van der Waals surface area (Å²) in [6.07, 6.45) is 5.82. The molecule has 6 nitrogen and oxygen atoms in total. The second-order valence-electron chi connectivity index (χ2n) is 5.66. The summed E-state index contributed by atoms with van der Waals surface area (Å²) in [6.45, 7) is 0. The van der Waals surface area contributed by atoms with Crippen LogP contribution in [-0.2, 0) is 14.8 Å². The van der Waals surface area contributed by atoms with E-state index in [0.29, 0.717) is 11.4 Å². The van der Waals surface area contributed by atoms with Gasteiger partial charge in [0.15, 0.2) is 0 Å². The van der Waals surface area contributed by atoms with Crippen LogP contribution in [0.5, 0.6) is 0 Å². The SMILES string of the molecule is CS(=O)(=O)Nc1ccccc1NC(=O)/C=C/c1cccc2cccnc12. The number of rotatable bonds is 5. The lowest BCUT2D eigenvalue weighted by Gasteiger charge is -2.10. The van der Waals surface area contributed by atoms with E-state index in [4.69, 9.17) is 0 Å². The molecule has 7 heteroatoms. The number of pyridine rings is 1. The maximum absolute atomic E-state index is 12.2. The van der Waals surface area contributed by atoms with Crippen molar-refractivity contribution in [3.8, 4) is 0 Å². The van der Waals surface area contributed by atoms with E-state index < -0.39 is 10.0 Å². The first-order valence-electron chi connectivity index (χ1n) is 7.82. The van der Waals surface area contributed by atoms with Crippen LogP contribution >= 0.6 is 0 Å². The lowest BCUT2D eigenvalue weighted by atomic mass is 10.1. The first kappa shape index (κ1) is 17.6. The summed E-state index contributed by atoms with van der Waals surface area (Å²) in [7, 11) is -3.44. The Hall–Kier alpha value is -3.19. The van der Waals surface area contributed by atoms with Gasteiger partial charge in [-0.05, 0) is 24.3 Å². The normalized spacial score (nSPS) is 11.6. The zero-order chi connectivity index (χ0) is 18.6. The number of hydrogen-bond acceptors (Lipinski definition) is 4. The number of aromatic nitrogens is 1. The van der Waals surface area contributed by atoms with Crippen LogP contribution in [-0.4, -0.2) is 25.6 Å². The summed E-state index contributed by atoms with van der Waals surface area (Å²) in [5, 5.41) is 3.66. The number of anilines is 2. The van der Waals surface area contributed by atoms with Gasteiger partial charge in [-0.25, -0.2) is 8.42 Å². The molecule has 0 bridgehead atoms. The number of nitrogens with one attached hydrogen (secondary N) is 2. The predicted octanol–water partition coefficient (Wildman–Crippen LogP) is 3.26. The molecule has 1 amide bonds. The highest BCUT2D eigenvalue weighted by Crippen LogP contribution is 2.22. The Morgan fingerprint density at radius 2 is 1.73 bits per heavy atom. The number of para-hydroxylation sites is 3. The molecule has 0 aliphatic heterocycles. The lowest BCUT2D eigenvalue weighted by molar-refractivity contribution is -0.111. The molecule has 26 heavy (non-hydrogen) atoms. The fraction of sp³-hybridized carbons (Fsp3) is 0.0526. The van der Waals surface area contributed by atoms with Crippen LogP contribution in [0.25, 0.3) is 17.0 Å². The largest absolute Gasteiger partial charge is 0.321 e. The molecule has 1 heterocycles. The fourth-order valence-corrected chi connectivity index (χ4v) is 3.06. The highest BCUT2D eigenvalue weighted by Gasteiger charge is 2.08. The van der Waals surface area contributed by atoms with E-state index in [0.717, 1.165) is 22.7 Å². The molecule has 0 saturated carbocycles. The van der Waals surface area contributed by atoms with E-state index in [2.05, 4.69) is 15.0 Å². The Bertz CT molecular complexity index is 1090. The molecule has 0 fully saturated rings. The molecule has 132 valence electrons. The van der Waals surface area contributed by atoms with Gasteiger partial charge in [-0.1, -0.05) is 36.4 Å². The molecular weight excluding hydrogens is 350 g/mol. The van der Waals surface area contributed by atoms with Crippen LogP contribution < -0.4 is 10.0 Å². The number of benzene rings is 2. The number of nitrogens with zero attached hydrogens (tertiary/aromatic N) is 1. The van der Waals surface area contributed by atoms with Gasteiger partial charge in [-0.15, -0.1) is 0 Å². The summed E-state index contributed by atoms with van der Waals surface area (Å²) in [6, 6.07) is 16.1. The fourth-order valence-electron chi connectivity index (χ4n) is 2.48. The smallest absolute Gasteiger partial charge is 0.248 e. The first-order valence-corrected chi connectivity index (χ1v) is 9.71. The van der Waals surface area contributed by atoms with Crippen molar-refractivity contribution in [3.63, 3.8) is 0 Å². The molecule has 3 rings (SSSR count). The summed E-state index contributed by atoms with van der Waals surface area (Å²) < 4.78 is 25.2. The van der Waals surface area contributed by atoms with Crippen LogP contribution in [0.15, 0.2) is 66.9 Å². The third-order valence-corrected chi connectivity index (χ3v) is 4.15. The Balaban J connectivity index is 1.80. The monoisotopic (exact) mass is 367 g/mol. The number of carbonyl (C=O) groups is 1. The predicted molar refractivity (Wildman–Crippen MR) is 104 cm³/mol. The van der Waals surface area contributed by atoms with E-state index >= 15 is 0 Å². The van der Waals surface area contributed by atoms with Crippen molar-refractivity contribution < 1.29 is 13.2 Å². The van der Waals surface area contributed by atoms with E-state index in [1.54, 1.807) is 36.5 Å². The number of sulfonamides is 1. The molecule has 0 aliphatic rings. The van der Waals surface area contributed by atoms with Crippen LogP contribution in [0.1, 0.15) is 5.56 Å². The summed E-state index contributed by atoms with van der Waals surface area (Å²) in [5.74, 6) is -0.374. The standard InChI is InChI=1S/C19H17N3O3S/c1-26(24,25)22-17-10-3-2-9-16(17)21-18(23)12-11-15-7-4-6-14-8-5-13-20-19(14)15/h2-13,22H,1H3,(H,21,23)/b12-11+. The van der Waals surface area contributed by atoms with Crippen molar-refractivity contribution in [1.82, 2.24) is 4.98 Å². The van der Waals surface area contributed by atoms with Crippen molar-refractivity contribution in [2.75, 3.05) is 16.3 Å². The average Bonchev–Trinajstić information content (AvgIpc) is 2.60. The topological polar surface area (TPSA) is 88.2 Å². The number of amides is 1. The Kier molecular flexibility index (Phi) is 4.99. The first-order chi connectivity index (χ1) is 12.4. The van der Waals surface area contributed by atoms with E-state index in [1.807, 2.05) is 30.3 Å². The van der Waals surface area contributed by atoms with Crippen LogP contribution in [0.4, 0.5) is 11.4 Å². The molecule has 2 aromatic carbocycles. The molecule has 0 radical (unpaired) electrons. The number of fused-ring (bicyclic) bond motifs is 1. The molecule has 0 spiro atoms. The molecule has 0 atom stereocenters. The Morgan fingerprint density at radius 1 is 1.00 bits per heavy atom. The molecule has 3 aromatic rings. The second-order valence-corrected chi connectivity index (χ2v) is 7.41. The van der Waals surface area contributed by atoms with Gasteiger partial charge in [0.1, 0.15) is 0 Å². The van der Waals surface area contributed by atoms with Gasteiger partial charge >= 0.3 is 0 Å². The minimum Gasteiger partial charge on any atom is -0.321 e. The van der Waals surface area contributed by atoms with Gasteiger partial charge in [-0.2, -0.15) is 0 Å². The lowest BCUT2D eigenvalue weighted by Crippen LogP contribution is -2.14. The third-order valence-electron chi connectivity index (χ3n) is 3.56. The molecule has 2 N–H and O–H groups in total. The summed E-state index contributed by atoms with van der Waals surface area (Å²) in [4.78, 5) is 16.6. The zero-order valence-electron chi connectivity index (χ0n) is 14.0. The minimum absolute atomic E-state index is 0.309. The molecular formula is C19H17N3O3S. The van der Waals surface area contributed by atoms with Gasteiger partial charge < -0.3 is 5.32 Å². The van der Waals surface area contributed by atoms with Crippen molar-refractivity contribution in [1.29, 1.82) is 0 Å². The van der Waals surface area contributed by atoms with Gasteiger partial charge in [-0.3, -0.25) is 14.5 Å². The third kappa shape index (κ3) is 4.46. The van der Waals surface area contributed by atoms with Gasteiger partial charge in [0.2, 0.25) is 15.9 Å².